The van der Waals surface area contributed by atoms with Gasteiger partial charge >= 0.3 is 0 Å². The van der Waals surface area contributed by atoms with Gasteiger partial charge in [0.05, 0.1) is 12.2 Å². The molecule has 0 saturated carbocycles. The summed E-state index contributed by atoms with van der Waals surface area (Å²) in [5.41, 5.74) is 6.50. The van der Waals surface area contributed by atoms with E-state index in [4.69, 9.17) is 26.8 Å². The smallest absolute Gasteiger partial charge is 0.257 e. The second kappa shape index (κ2) is 8.52. The average Bonchev–Trinajstić information content (AvgIpc) is 2.55. The Hall–Kier alpha value is -1.30. The minimum atomic E-state index is -0.0507. The van der Waals surface area contributed by atoms with Gasteiger partial charge in [0.2, 0.25) is 0 Å². The van der Waals surface area contributed by atoms with Gasteiger partial charge in [-0.15, -0.1) is 0 Å². The summed E-state index contributed by atoms with van der Waals surface area (Å²) in [6.07, 6.45) is 2.03. The van der Waals surface area contributed by atoms with Gasteiger partial charge in [-0.05, 0) is 43.9 Å². The first-order valence-corrected chi connectivity index (χ1v) is 8.37. The fraction of sp³-hybridized carbons (Fsp3) is 0.588. The maximum Gasteiger partial charge on any atom is 0.257 e. The van der Waals surface area contributed by atoms with Gasteiger partial charge in [0.15, 0.2) is 0 Å². The first-order valence-electron chi connectivity index (χ1n) is 7.99. The third-order valence-electron chi connectivity index (χ3n) is 4.21. The maximum atomic E-state index is 12.9. The van der Waals surface area contributed by atoms with Gasteiger partial charge in [-0.2, -0.15) is 0 Å². The van der Waals surface area contributed by atoms with Gasteiger partial charge in [-0.1, -0.05) is 11.6 Å². The van der Waals surface area contributed by atoms with Crippen molar-refractivity contribution in [2.24, 2.45) is 11.7 Å². The van der Waals surface area contributed by atoms with Gasteiger partial charge in [0, 0.05) is 31.3 Å². The van der Waals surface area contributed by atoms with Gasteiger partial charge in [-0.3, -0.25) is 4.79 Å². The average molecular weight is 341 g/mol. The van der Waals surface area contributed by atoms with Gasteiger partial charge < -0.3 is 20.1 Å². The molecule has 1 aliphatic rings. The minimum absolute atomic E-state index is 0.0507. The Labute approximate surface area is 142 Å². The number of rotatable bonds is 6. The van der Waals surface area contributed by atoms with E-state index in [1.807, 2.05) is 11.8 Å². The zero-order valence-corrected chi connectivity index (χ0v) is 14.5. The summed E-state index contributed by atoms with van der Waals surface area (Å²) in [6.45, 7) is 4.28. The highest BCUT2D eigenvalue weighted by Crippen LogP contribution is 2.27. The molecule has 1 aliphatic heterocycles. The van der Waals surface area contributed by atoms with Gasteiger partial charge in [0.1, 0.15) is 12.4 Å². The van der Waals surface area contributed by atoms with Crippen molar-refractivity contribution in [3.05, 3.63) is 28.8 Å². The number of piperidine rings is 1. The summed E-state index contributed by atoms with van der Waals surface area (Å²) in [7, 11) is 1.61. The Morgan fingerprint density at radius 1 is 1.48 bits per heavy atom. The molecule has 1 heterocycles. The first-order chi connectivity index (χ1) is 11.0. The number of likely N-dealkylation sites (tertiary alicyclic amines) is 1. The molecule has 0 aromatic heterocycles. The summed E-state index contributed by atoms with van der Waals surface area (Å²) in [5.74, 6) is 0.828. The number of nitrogens with two attached hydrogens (primary N) is 1. The van der Waals surface area contributed by atoms with Crippen LogP contribution in [-0.2, 0) is 4.74 Å². The van der Waals surface area contributed by atoms with E-state index in [-0.39, 0.29) is 11.9 Å². The monoisotopic (exact) mass is 340 g/mol. The largest absolute Gasteiger partial charge is 0.490 e. The van der Waals surface area contributed by atoms with Crippen LogP contribution in [0.1, 0.15) is 30.1 Å². The van der Waals surface area contributed by atoms with Crippen LogP contribution in [0.3, 0.4) is 0 Å². The first kappa shape index (κ1) is 18.0. The SMILES string of the molecule is COCCOc1ccc(Cl)cc1C(=O)N1CCC[C@@H]([C@@H](C)N)C1. The highest BCUT2D eigenvalue weighted by molar-refractivity contribution is 6.31. The van der Waals surface area contributed by atoms with Crippen LogP contribution in [0.2, 0.25) is 5.02 Å². The zero-order chi connectivity index (χ0) is 16.8. The van der Waals surface area contributed by atoms with Crippen LogP contribution < -0.4 is 10.5 Å². The number of halogens is 1. The fourth-order valence-corrected chi connectivity index (χ4v) is 3.00. The number of benzene rings is 1. The Bertz CT molecular complexity index is 537. The van der Waals surface area contributed by atoms with Crippen LogP contribution in [0, 0.1) is 5.92 Å². The molecule has 128 valence electrons. The van der Waals surface area contributed by atoms with Crippen molar-refractivity contribution in [3.63, 3.8) is 0 Å². The van der Waals surface area contributed by atoms with Crippen molar-refractivity contribution in [2.45, 2.75) is 25.8 Å². The van der Waals surface area contributed by atoms with Crippen LogP contribution in [0.15, 0.2) is 18.2 Å². The standard InChI is InChI=1S/C17H25ClN2O3/c1-12(19)13-4-3-7-20(11-13)17(21)15-10-14(18)5-6-16(15)23-9-8-22-2/h5-6,10,12-13H,3-4,7-9,11,19H2,1-2H3/t12-,13-/m1/s1. The lowest BCUT2D eigenvalue weighted by molar-refractivity contribution is 0.0654. The summed E-state index contributed by atoms with van der Waals surface area (Å²) < 4.78 is 10.6. The molecule has 0 aliphatic carbocycles. The number of ether oxygens (including phenoxy) is 2. The Morgan fingerprint density at radius 2 is 2.26 bits per heavy atom. The van der Waals surface area contributed by atoms with Crippen LogP contribution in [0.25, 0.3) is 0 Å². The molecule has 6 heteroatoms. The predicted molar refractivity (Wildman–Crippen MR) is 91.1 cm³/mol. The third kappa shape index (κ3) is 4.83. The third-order valence-corrected chi connectivity index (χ3v) is 4.44. The minimum Gasteiger partial charge on any atom is -0.490 e. The van der Waals surface area contributed by atoms with E-state index in [1.165, 1.54) is 0 Å². The van der Waals surface area contributed by atoms with E-state index >= 15 is 0 Å². The molecule has 1 aromatic rings. The van der Waals surface area contributed by atoms with E-state index in [0.29, 0.717) is 42.0 Å². The van der Waals surface area contributed by atoms with Crippen molar-refractivity contribution in [3.8, 4) is 5.75 Å². The van der Waals surface area contributed by atoms with E-state index in [9.17, 15) is 4.79 Å². The van der Waals surface area contributed by atoms with Crippen molar-refractivity contribution in [2.75, 3.05) is 33.4 Å². The van der Waals surface area contributed by atoms with Crippen LogP contribution >= 0.6 is 11.6 Å². The summed E-state index contributed by atoms with van der Waals surface area (Å²) in [5, 5.41) is 0.521. The van der Waals surface area contributed by atoms with Crippen molar-refractivity contribution >= 4 is 17.5 Å². The normalized spacial score (nSPS) is 19.5. The van der Waals surface area contributed by atoms with E-state index < -0.39 is 0 Å². The Kier molecular flexibility index (Phi) is 6.69. The lowest BCUT2D eigenvalue weighted by atomic mass is 9.92. The number of hydrogen-bond acceptors (Lipinski definition) is 4. The topological polar surface area (TPSA) is 64.8 Å². The summed E-state index contributed by atoms with van der Waals surface area (Å²) >= 11 is 6.07. The molecule has 2 rings (SSSR count). The molecule has 1 amide bonds. The number of carbonyl (C=O) groups is 1. The Morgan fingerprint density at radius 3 is 2.96 bits per heavy atom. The maximum absolute atomic E-state index is 12.9. The molecule has 5 nitrogen and oxygen atoms in total. The zero-order valence-electron chi connectivity index (χ0n) is 13.8. The lowest BCUT2D eigenvalue weighted by Crippen LogP contribution is -2.45. The van der Waals surface area contributed by atoms with Crippen LogP contribution in [0.5, 0.6) is 5.75 Å². The van der Waals surface area contributed by atoms with E-state index in [1.54, 1.807) is 25.3 Å². The van der Waals surface area contributed by atoms with E-state index in [2.05, 4.69) is 0 Å². The van der Waals surface area contributed by atoms with Crippen molar-refractivity contribution < 1.29 is 14.3 Å². The molecule has 0 bridgehead atoms. The number of hydrogen-bond donors (Lipinski definition) is 1. The molecule has 23 heavy (non-hydrogen) atoms. The molecule has 0 spiro atoms. The van der Waals surface area contributed by atoms with E-state index in [0.717, 1.165) is 19.4 Å². The van der Waals surface area contributed by atoms with Crippen LogP contribution in [0.4, 0.5) is 0 Å². The van der Waals surface area contributed by atoms with Gasteiger partial charge in [0.25, 0.3) is 5.91 Å². The second-order valence-corrected chi connectivity index (χ2v) is 6.43. The van der Waals surface area contributed by atoms with Gasteiger partial charge in [-0.25, -0.2) is 0 Å². The highest BCUT2D eigenvalue weighted by Gasteiger charge is 2.28. The molecule has 2 N–H and O–H groups in total. The van der Waals surface area contributed by atoms with Crippen LogP contribution in [-0.4, -0.2) is 50.3 Å². The summed E-state index contributed by atoms with van der Waals surface area (Å²) in [6, 6.07) is 5.21. The fourth-order valence-electron chi connectivity index (χ4n) is 2.82. The number of nitrogens with zero attached hydrogens (tertiary/aromatic N) is 1. The molecular weight excluding hydrogens is 316 g/mol. The van der Waals surface area contributed by atoms with Crippen molar-refractivity contribution in [1.29, 1.82) is 0 Å². The molecule has 0 unspecified atom stereocenters. The molecular formula is C17H25ClN2O3. The molecule has 1 aromatic carbocycles. The molecule has 2 atom stereocenters. The van der Waals surface area contributed by atoms with Crippen molar-refractivity contribution in [1.82, 2.24) is 4.90 Å². The second-order valence-electron chi connectivity index (χ2n) is 5.99. The summed E-state index contributed by atoms with van der Waals surface area (Å²) in [4.78, 5) is 14.7. The molecule has 0 radical (unpaired) electrons. The highest BCUT2D eigenvalue weighted by atomic mass is 35.5. The number of carbonyl (C=O) groups excluding carboxylic acids is 1. The predicted octanol–water partition coefficient (Wildman–Crippen LogP) is 2.56. The molecule has 1 fully saturated rings. The number of methoxy groups -OCH3 is 1. The molecule has 1 saturated heterocycles. The lowest BCUT2D eigenvalue weighted by Gasteiger charge is -2.35. The Balaban J connectivity index is 2.15. The number of amides is 1. The quantitative estimate of drug-likeness (QED) is 0.808.